The van der Waals surface area contributed by atoms with Crippen LogP contribution in [0.2, 0.25) is 0 Å². The van der Waals surface area contributed by atoms with Crippen LogP contribution in [-0.4, -0.2) is 45.9 Å². The summed E-state index contributed by atoms with van der Waals surface area (Å²) in [6, 6.07) is 8.67. The van der Waals surface area contributed by atoms with Gasteiger partial charge >= 0.3 is 7.12 Å². The second-order valence-corrected chi connectivity index (χ2v) is 11.0. The minimum Gasteiger partial charge on any atom is -0.455 e. The predicted octanol–water partition coefficient (Wildman–Crippen LogP) is 3.27. The van der Waals surface area contributed by atoms with E-state index in [1.54, 1.807) is 6.07 Å². The van der Waals surface area contributed by atoms with Crippen LogP contribution in [0.3, 0.4) is 0 Å². The maximum atomic E-state index is 13.5. The van der Waals surface area contributed by atoms with Crippen molar-refractivity contribution in [3.05, 3.63) is 47.8 Å². The molecule has 2 heterocycles. The van der Waals surface area contributed by atoms with Gasteiger partial charge in [0, 0.05) is 29.5 Å². The van der Waals surface area contributed by atoms with Gasteiger partial charge in [0.05, 0.1) is 28.7 Å². The average Bonchev–Trinajstić information content (AvgIpc) is 3.19. The van der Waals surface area contributed by atoms with Crippen LogP contribution in [-0.2, 0) is 19.3 Å². The third-order valence-electron chi connectivity index (χ3n) is 6.22. The van der Waals surface area contributed by atoms with Crippen LogP contribution in [0.4, 0.5) is 10.1 Å². The van der Waals surface area contributed by atoms with Crippen molar-refractivity contribution in [3.8, 4) is 11.3 Å². The molecular weight excluding hydrogens is 462 g/mol. The van der Waals surface area contributed by atoms with Gasteiger partial charge in [0.25, 0.3) is 5.91 Å². The van der Waals surface area contributed by atoms with Crippen molar-refractivity contribution in [1.29, 1.82) is 0 Å². The maximum absolute atomic E-state index is 13.5. The highest BCUT2D eigenvalue weighted by atomic mass is 32.2. The zero-order valence-electron chi connectivity index (χ0n) is 19.8. The predicted molar refractivity (Wildman–Crippen MR) is 129 cm³/mol. The third kappa shape index (κ3) is 4.31. The fraction of sp³-hybridized carbons (Fsp3) is 0.348. The third-order valence-corrected chi connectivity index (χ3v) is 6.81. The Bertz CT molecular complexity index is 1370. The van der Waals surface area contributed by atoms with Crippen LogP contribution < -0.4 is 15.5 Å². The molecule has 1 aliphatic heterocycles. The molecule has 3 aromatic rings. The van der Waals surface area contributed by atoms with E-state index in [0.717, 1.165) is 6.26 Å². The van der Waals surface area contributed by atoms with E-state index < -0.39 is 40.1 Å². The summed E-state index contributed by atoms with van der Waals surface area (Å²) in [7, 11) is -3.07. The Labute approximate surface area is 198 Å². The van der Waals surface area contributed by atoms with Crippen LogP contribution in [0.5, 0.6) is 0 Å². The van der Waals surface area contributed by atoms with Gasteiger partial charge in [-0.2, -0.15) is 0 Å². The standard InChI is InChI=1S/C23H26BFN2O6S/c1-22(2)23(3,4)33-24(32-22)16-11-15-18(12-17(16)27-34(6,29)30)31-20(19(15)21(28)26-5)13-7-9-14(25)10-8-13/h7-12,27H,1-6H3,(H,26,28). The molecule has 8 nitrogen and oxygen atoms in total. The van der Waals surface area contributed by atoms with Gasteiger partial charge in [-0.3, -0.25) is 9.52 Å². The van der Waals surface area contributed by atoms with E-state index in [4.69, 9.17) is 13.7 Å². The normalized spacial score (nSPS) is 17.2. The summed E-state index contributed by atoms with van der Waals surface area (Å²) < 4.78 is 58.5. The van der Waals surface area contributed by atoms with Gasteiger partial charge in [0.1, 0.15) is 17.2 Å². The van der Waals surface area contributed by atoms with E-state index in [2.05, 4.69) is 10.0 Å². The van der Waals surface area contributed by atoms with Crippen LogP contribution in [0.25, 0.3) is 22.3 Å². The number of anilines is 1. The minimum absolute atomic E-state index is 0.205. The maximum Gasteiger partial charge on any atom is 0.497 e. The number of nitrogens with one attached hydrogen (secondary N) is 2. The van der Waals surface area contributed by atoms with Crippen molar-refractivity contribution in [1.82, 2.24) is 5.32 Å². The first-order valence-electron chi connectivity index (χ1n) is 10.6. The van der Waals surface area contributed by atoms with Crippen LogP contribution in [0, 0.1) is 5.82 Å². The molecule has 1 fully saturated rings. The highest BCUT2D eigenvalue weighted by molar-refractivity contribution is 7.92. The SMILES string of the molecule is CNC(=O)c1c(-c2ccc(F)cc2)oc2cc(NS(C)(=O)=O)c(B3OC(C)(C)C(C)(C)O3)cc12. The van der Waals surface area contributed by atoms with Crippen LogP contribution >= 0.6 is 0 Å². The van der Waals surface area contributed by atoms with Gasteiger partial charge in [-0.15, -0.1) is 0 Å². The molecule has 1 saturated heterocycles. The number of carbonyl (C=O) groups is 1. The molecule has 1 aliphatic rings. The van der Waals surface area contributed by atoms with Gasteiger partial charge in [0.2, 0.25) is 10.0 Å². The Morgan fingerprint density at radius 3 is 2.15 bits per heavy atom. The number of benzene rings is 2. The smallest absolute Gasteiger partial charge is 0.455 e. The van der Waals surface area contributed by atoms with E-state index in [-0.39, 0.29) is 22.6 Å². The van der Waals surface area contributed by atoms with E-state index in [1.165, 1.54) is 37.4 Å². The second kappa shape index (κ2) is 8.11. The molecule has 0 spiro atoms. The van der Waals surface area contributed by atoms with Crippen LogP contribution in [0.15, 0.2) is 40.8 Å². The largest absolute Gasteiger partial charge is 0.497 e. The number of amides is 1. The Morgan fingerprint density at radius 1 is 1.03 bits per heavy atom. The molecule has 0 saturated carbocycles. The lowest BCUT2D eigenvalue weighted by Gasteiger charge is -2.32. The topological polar surface area (TPSA) is 107 Å². The minimum atomic E-state index is -3.66. The molecule has 0 aliphatic carbocycles. The Kier molecular flexibility index (Phi) is 5.78. The number of halogens is 1. The van der Waals surface area contributed by atoms with Crippen molar-refractivity contribution >= 4 is 45.2 Å². The monoisotopic (exact) mass is 488 g/mol. The first kappa shape index (κ1) is 24.2. The summed E-state index contributed by atoms with van der Waals surface area (Å²) in [6.45, 7) is 7.54. The van der Waals surface area contributed by atoms with E-state index >= 15 is 0 Å². The van der Waals surface area contributed by atoms with Crippen molar-refractivity contribution < 1.29 is 31.3 Å². The highest BCUT2D eigenvalue weighted by Crippen LogP contribution is 2.39. The Hall–Kier alpha value is -2.89. The summed E-state index contributed by atoms with van der Waals surface area (Å²) in [5, 5.41) is 3.03. The molecule has 0 bridgehead atoms. The Morgan fingerprint density at radius 2 is 1.62 bits per heavy atom. The number of rotatable bonds is 5. The number of fused-ring (bicyclic) bond motifs is 1. The number of hydrogen-bond donors (Lipinski definition) is 2. The Balaban J connectivity index is 1.98. The first-order valence-corrected chi connectivity index (χ1v) is 12.5. The van der Waals surface area contributed by atoms with E-state index in [0.29, 0.717) is 16.4 Å². The molecule has 1 aromatic heterocycles. The molecule has 11 heteroatoms. The summed E-state index contributed by atoms with van der Waals surface area (Å²) in [4.78, 5) is 12.9. The molecular formula is C23H26BFN2O6S. The summed E-state index contributed by atoms with van der Waals surface area (Å²) in [6.07, 6.45) is 1.03. The summed E-state index contributed by atoms with van der Waals surface area (Å²) >= 11 is 0. The van der Waals surface area contributed by atoms with Gasteiger partial charge in [-0.1, -0.05) is 0 Å². The molecule has 34 heavy (non-hydrogen) atoms. The lowest BCUT2D eigenvalue weighted by molar-refractivity contribution is 0.00578. The van der Waals surface area contributed by atoms with E-state index in [9.17, 15) is 17.6 Å². The van der Waals surface area contributed by atoms with Gasteiger partial charge in [0.15, 0.2) is 0 Å². The van der Waals surface area contributed by atoms with Crippen molar-refractivity contribution in [2.24, 2.45) is 0 Å². The van der Waals surface area contributed by atoms with Crippen molar-refractivity contribution in [2.75, 3.05) is 18.0 Å². The highest BCUT2D eigenvalue weighted by Gasteiger charge is 2.52. The molecule has 180 valence electrons. The molecule has 2 aromatic carbocycles. The molecule has 0 unspecified atom stereocenters. The fourth-order valence-electron chi connectivity index (χ4n) is 3.77. The zero-order valence-corrected chi connectivity index (χ0v) is 20.6. The van der Waals surface area contributed by atoms with Gasteiger partial charge in [-0.05, 0) is 58.0 Å². The summed E-state index contributed by atoms with van der Waals surface area (Å²) in [5.41, 5.74) is 0.246. The van der Waals surface area contributed by atoms with E-state index in [1.807, 2.05) is 27.7 Å². The van der Waals surface area contributed by atoms with Crippen molar-refractivity contribution in [3.63, 3.8) is 0 Å². The van der Waals surface area contributed by atoms with Crippen molar-refractivity contribution in [2.45, 2.75) is 38.9 Å². The van der Waals surface area contributed by atoms with Gasteiger partial charge in [-0.25, -0.2) is 12.8 Å². The number of sulfonamides is 1. The number of carbonyl (C=O) groups excluding carboxylic acids is 1. The summed E-state index contributed by atoms with van der Waals surface area (Å²) in [5.74, 6) is -0.614. The molecule has 0 radical (unpaired) electrons. The fourth-order valence-corrected chi connectivity index (χ4v) is 4.34. The molecule has 4 rings (SSSR count). The lowest BCUT2D eigenvalue weighted by Crippen LogP contribution is -2.41. The molecule has 2 N–H and O–H groups in total. The number of hydrogen-bond acceptors (Lipinski definition) is 6. The van der Waals surface area contributed by atoms with Crippen LogP contribution in [0.1, 0.15) is 38.1 Å². The number of furan rings is 1. The first-order chi connectivity index (χ1) is 15.7. The van der Waals surface area contributed by atoms with Gasteiger partial charge < -0.3 is 19.0 Å². The second-order valence-electron chi connectivity index (χ2n) is 9.29. The lowest BCUT2D eigenvalue weighted by atomic mass is 9.77. The zero-order chi connectivity index (χ0) is 25.1. The average molecular weight is 488 g/mol. The molecule has 0 atom stereocenters. The quantitative estimate of drug-likeness (QED) is 0.534. The molecule has 1 amide bonds.